The number of nitrogens with zero attached hydrogens (tertiary/aromatic N) is 2. The fourth-order valence-corrected chi connectivity index (χ4v) is 3.87. The van der Waals surface area contributed by atoms with Gasteiger partial charge in [0.25, 0.3) is 0 Å². The Morgan fingerprint density at radius 2 is 1.64 bits per heavy atom. The second-order valence-corrected chi connectivity index (χ2v) is 7.64. The lowest BCUT2D eigenvalue weighted by molar-refractivity contribution is -0.111. The maximum atomic E-state index is 12.7. The summed E-state index contributed by atoms with van der Waals surface area (Å²) in [5.74, 6) is -0.351. The van der Waals surface area contributed by atoms with Gasteiger partial charge in [0, 0.05) is 43.5 Å². The molecule has 2 aliphatic heterocycles. The van der Waals surface area contributed by atoms with Gasteiger partial charge in [0.05, 0.1) is 37.8 Å². The average molecular weight is 459 g/mol. The molecular weight excluding hydrogens is 432 g/mol. The Morgan fingerprint density at radius 1 is 0.970 bits per heavy atom. The van der Waals surface area contributed by atoms with Gasteiger partial charge in [-0.1, -0.05) is 18.2 Å². The van der Waals surface area contributed by atoms with Crippen molar-refractivity contribution < 1.29 is 27.8 Å². The molecular formula is C24H27F2N3O4. The van der Waals surface area contributed by atoms with Crippen LogP contribution in [0.25, 0.3) is 6.08 Å². The smallest absolute Gasteiger partial charge is 0.387 e. The van der Waals surface area contributed by atoms with Gasteiger partial charge in [-0.05, 0) is 30.3 Å². The minimum Gasteiger partial charge on any atom is -0.434 e. The van der Waals surface area contributed by atoms with Gasteiger partial charge in [-0.2, -0.15) is 8.78 Å². The Morgan fingerprint density at radius 3 is 2.33 bits per heavy atom. The minimum absolute atomic E-state index is 0.0143. The quantitative estimate of drug-likeness (QED) is 0.639. The molecule has 2 aromatic carbocycles. The molecule has 9 heteroatoms. The number of nitrogens with one attached hydrogen (secondary N) is 1. The summed E-state index contributed by atoms with van der Waals surface area (Å²) in [6, 6.07) is 12.3. The van der Waals surface area contributed by atoms with Gasteiger partial charge >= 0.3 is 6.61 Å². The Balaban J connectivity index is 1.52. The molecule has 0 aliphatic carbocycles. The number of halogens is 2. The van der Waals surface area contributed by atoms with E-state index < -0.39 is 6.61 Å². The van der Waals surface area contributed by atoms with Crippen molar-refractivity contribution >= 4 is 29.0 Å². The number of ether oxygens (including phenoxy) is 3. The summed E-state index contributed by atoms with van der Waals surface area (Å²) in [5, 5.41) is 2.93. The Bertz CT molecular complexity index is 974. The summed E-state index contributed by atoms with van der Waals surface area (Å²) in [4.78, 5) is 17.1. The number of anilines is 3. The van der Waals surface area contributed by atoms with E-state index in [4.69, 9.17) is 9.47 Å². The van der Waals surface area contributed by atoms with Crippen molar-refractivity contribution in [1.82, 2.24) is 0 Å². The standard InChI is InChI=1S/C24H27F2N3O4/c25-24(26)33-22-4-2-1-3-18(22)5-8-23(30)27-20-7-6-19(28-9-13-31-14-10-28)17-21(20)29-11-15-32-16-12-29/h1-8,17,24H,9-16H2,(H,27,30)/b8-5+. The lowest BCUT2D eigenvalue weighted by Gasteiger charge is -2.33. The van der Waals surface area contributed by atoms with E-state index in [2.05, 4.69) is 25.9 Å². The van der Waals surface area contributed by atoms with Gasteiger partial charge < -0.3 is 29.3 Å². The fourth-order valence-electron chi connectivity index (χ4n) is 3.87. The Labute approximate surface area is 191 Å². The van der Waals surface area contributed by atoms with Crippen LogP contribution in [0.3, 0.4) is 0 Å². The van der Waals surface area contributed by atoms with Gasteiger partial charge in [-0.15, -0.1) is 0 Å². The first-order valence-corrected chi connectivity index (χ1v) is 10.9. The highest BCUT2D eigenvalue weighted by Gasteiger charge is 2.19. The Hall–Kier alpha value is -3.17. The van der Waals surface area contributed by atoms with Crippen molar-refractivity contribution in [2.24, 2.45) is 0 Å². The first kappa shape index (κ1) is 23.0. The fraction of sp³-hybridized carbons (Fsp3) is 0.375. The third kappa shape index (κ3) is 6.21. The molecule has 2 aromatic rings. The van der Waals surface area contributed by atoms with Crippen molar-refractivity contribution in [3.63, 3.8) is 0 Å². The maximum absolute atomic E-state index is 12.7. The molecule has 0 radical (unpaired) electrons. The number of carbonyl (C=O) groups is 1. The van der Waals surface area contributed by atoms with E-state index in [9.17, 15) is 13.6 Å². The van der Waals surface area contributed by atoms with Crippen LogP contribution in [0.2, 0.25) is 0 Å². The molecule has 0 atom stereocenters. The topological polar surface area (TPSA) is 63.3 Å². The summed E-state index contributed by atoms with van der Waals surface area (Å²) in [7, 11) is 0. The second kappa shape index (κ2) is 11.1. The maximum Gasteiger partial charge on any atom is 0.387 e. The van der Waals surface area contributed by atoms with E-state index in [1.165, 1.54) is 18.2 Å². The van der Waals surface area contributed by atoms with Gasteiger partial charge in [-0.25, -0.2) is 0 Å². The molecule has 0 saturated carbocycles. The zero-order valence-corrected chi connectivity index (χ0v) is 18.2. The SMILES string of the molecule is O=C(/C=C/c1ccccc1OC(F)F)Nc1ccc(N2CCOCC2)cc1N1CCOCC1. The first-order chi connectivity index (χ1) is 16.1. The number of hydrogen-bond acceptors (Lipinski definition) is 6. The van der Waals surface area contributed by atoms with Crippen molar-refractivity contribution in [3.05, 3.63) is 54.1 Å². The van der Waals surface area contributed by atoms with E-state index in [1.807, 2.05) is 12.1 Å². The lowest BCUT2D eigenvalue weighted by atomic mass is 10.1. The highest BCUT2D eigenvalue weighted by atomic mass is 19.3. The number of carbonyl (C=O) groups excluding carboxylic acids is 1. The van der Waals surface area contributed by atoms with Crippen LogP contribution < -0.4 is 19.9 Å². The molecule has 0 bridgehead atoms. The minimum atomic E-state index is -2.94. The molecule has 2 heterocycles. The van der Waals surface area contributed by atoms with Crippen molar-refractivity contribution in [1.29, 1.82) is 0 Å². The zero-order valence-electron chi connectivity index (χ0n) is 18.2. The third-order valence-corrected chi connectivity index (χ3v) is 5.52. The number of hydrogen-bond donors (Lipinski definition) is 1. The summed E-state index contributed by atoms with van der Waals surface area (Å²) < 4.78 is 40.7. The lowest BCUT2D eigenvalue weighted by Crippen LogP contribution is -2.38. The molecule has 2 aliphatic rings. The van der Waals surface area contributed by atoms with E-state index in [1.54, 1.807) is 18.2 Å². The molecule has 0 unspecified atom stereocenters. The van der Waals surface area contributed by atoms with Crippen LogP contribution in [-0.2, 0) is 14.3 Å². The molecule has 4 rings (SSSR count). The number of benzene rings is 2. The van der Waals surface area contributed by atoms with Gasteiger partial charge in [0.2, 0.25) is 5.91 Å². The number of amides is 1. The van der Waals surface area contributed by atoms with E-state index in [0.717, 1.165) is 37.6 Å². The largest absolute Gasteiger partial charge is 0.434 e. The third-order valence-electron chi connectivity index (χ3n) is 5.52. The summed E-state index contributed by atoms with van der Waals surface area (Å²) in [6.45, 7) is 2.77. The molecule has 0 aromatic heterocycles. The van der Waals surface area contributed by atoms with Crippen LogP contribution in [0.1, 0.15) is 5.56 Å². The van der Waals surface area contributed by atoms with E-state index in [-0.39, 0.29) is 11.7 Å². The van der Waals surface area contributed by atoms with Crippen molar-refractivity contribution in [2.75, 3.05) is 67.7 Å². The van der Waals surface area contributed by atoms with Crippen LogP contribution in [0.5, 0.6) is 5.75 Å². The second-order valence-electron chi connectivity index (χ2n) is 7.64. The molecule has 33 heavy (non-hydrogen) atoms. The first-order valence-electron chi connectivity index (χ1n) is 10.9. The van der Waals surface area contributed by atoms with Gasteiger partial charge in [0.1, 0.15) is 5.75 Å². The predicted octanol–water partition coefficient (Wildman–Crippen LogP) is 3.61. The molecule has 1 amide bonds. The normalized spacial score (nSPS) is 16.9. The highest BCUT2D eigenvalue weighted by Crippen LogP contribution is 2.32. The summed E-state index contributed by atoms with van der Waals surface area (Å²) >= 11 is 0. The van der Waals surface area contributed by atoms with Gasteiger partial charge in [-0.3, -0.25) is 4.79 Å². The molecule has 176 valence electrons. The zero-order chi connectivity index (χ0) is 23.0. The molecule has 0 spiro atoms. The van der Waals surface area contributed by atoms with Crippen LogP contribution in [0.15, 0.2) is 48.5 Å². The molecule has 2 fully saturated rings. The van der Waals surface area contributed by atoms with Crippen LogP contribution in [0, 0.1) is 0 Å². The molecule has 2 saturated heterocycles. The summed E-state index contributed by atoms with van der Waals surface area (Å²) in [6.07, 6.45) is 2.77. The highest BCUT2D eigenvalue weighted by molar-refractivity contribution is 6.04. The predicted molar refractivity (Wildman–Crippen MR) is 123 cm³/mol. The molecule has 1 N–H and O–H groups in total. The number of alkyl halides is 2. The monoisotopic (exact) mass is 459 g/mol. The van der Waals surface area contributed by atoms with Crippen molar-refractivity contribution in [2.45, 2.75) is 6.61 Å². The number of para-hydroxylation sites is 1. The van der Waals surface area contributed by atoms with Gasteiger partial charge in [0.15, 0.2) is 0 Å². The van der Waals surface area contributed by atoms with E-state index in [0.29, 0.717) is 37.7 Å². The van der Waals surface area contributed by atoms with Crippen molar-refractivity contribution in [3.8, 4) is 5.75 Å². The number of rotatable bonds is 7. The average Bonchev–Trinajstić information content (AvgIpc) is 2.84. The van der Waals surface area contributed by atoms with E-state index >= 15 is 0 Å². The van der Waals surface area contributed by atoms with Crippen LogP contribution in [0.4, 0.5) is 25.8 Å². The van der Waals surface area contributed by atoms with Crippen LogP contribution in [-0.4, -0.2) is 65.1 Å². The van der Waals surface area contributed by atoms with Crippen LogP contribution >= 0.6 is 0 Å². The number of morpholine rings is 2. The summed E-state index contributed by atoms with van der Waals surface area (Å²) in [5.41, 5.74) is 3.07. The Kier molecular flexibility index (Phi) is 7.74. The molecule has 7 nitrogen and oxygen atoms in total.